The molecule has 6 nitrogen and oxygen atoms in total. The van der Waals surface area contributed by atoms with Gasteiger partial charge >= 0.3 is 0 Å². The molecule has 1 saturated heterocycles. The summed E-state index contributed by atoms with van der Waals surface area (Å²) in [7, 11) is 5.53. The molecule has 25 heavy (non-hydrogen) atoms. The SMILES string of the molecule is CCN1CCCC(CNC(=NC)NCC2(C(=O)N(C)C)CCCC2)C1. The summed E-state index contributed by atoms with van der Waals surface area (Å²) in [6, 6.07) is 0. The molecule has 144 valence electrons. The van der Waals surface area contributed by atoms with Crippen LogP contribution < -0.4 is 10.6 Å². The van der Waals surface area contributed by atoms with Crippen LogP contribution in [-0.2, 0) is 4.79 Å². The Morgan fingerprint density at radius 2 is 1.96 bits per heavy atom. The van der Waals surface area contributed by atoms with E-state index in [1.165, 1.54) is 25.9 Å². The minimum atomic E-state index is -0.259. The fraction of sp³-hybridized carbons (Fsp3) is 0.895. The van der Waals surface area contributed by atoms with Crippen LogP contribution in [0.3, 0.4) is 0 Å². The standard InChI is InChI=1S/C19H37N5O/c1-5-24-12-8-9-16(14-24)13-21-18(20-2)22-15-19(10-6-7-11-19)17(25)23(3)4/h16H,5-15H2,1-4H3,(H2,20,21,22). The highest BCUT2D eigenvalue weighted by Crippen LogP contribution is 2.38. The van der Waals surface area contributed by atoms with Gasteiger partial charge in [-0.1, -0.05) is 19.8 Å². The lowest BCUT2D eigenvalue weighted by molar-refractivity contribution is -0.138. The minimum Gasteiger partial charge on any atom is -0.356 e. The van der Waals surface area contributed by atoms with E-state index in [9.17, 15) is 4.79 Å². The molecule has 0 aromatic heterocycles. The number of aliphatic imine (C=N–C) groups is 1. The molecule has 6 heteroatoms. The minimum absolute atomic E-state index is 0.249. The summed E-state index contributed by atoms with van der Waals surface area (Å²) >= 11 is 0. The molecule has 1 unspecified atom stereocenters. The van der Waals surface area contributed by atoms with Crippen LogP contribution in [0.1, 0.15) is 45.4 Å². The van der Waals surface area contributed by atoms with E-state index in [2.05, 4.69) is 27.4 Å². The monoisotopic (exact) mass is 351 g/mol. The zero-order valence-electron chi connectivity index (χ0n) is 16.6. The van der Waals surface area contributed by atoms with Crippen molar-refractivity contribution in [2.75, 3.05) is 53.9 Å². The van der Waals surface area contributed by atoms with Crippen LogP contribution in [0, 0.1) is 11.3 Å². The molecule has 1 aliphatic carbocycles. The second-order valence-corrected chi connectivity index (χ2v) is 7.90. The predicted molar refractivity (Wildman–Crippen MR) is 104 cm³/mol. The van der Waals surface area contributed by atoms with Crippen LogP contribution in [0.25, 0.3) is 0 Å². The van der Waals surface area contributed by atoms with Gasteiger partial charge in [0.15, 0.2) is 5.96 Å². The van der Waals surface area contributed by atoms with Crippen LogP contribution in [0.5, 0.6) is 0 Å². The molecule has 1 amide bonds. The fourth-order valence-corrected chi connectivity index (χ4v) is 4.31. The Labute approximate surface area is 153 Å². The van der Waals surface area contributed by atoms with Crippen molar-refractivity contribution in [3.8, 4) is 0 Å². The molecular weight excluding hydrogens is 314 g/mol. The van der Waals surface area contributed by atoms with Crippen molar-refractivity contribution in [3.63, 3.8) is 0 Å². The number of rotatable bonds is 6. The summed E-state index contributed by atoms with van der Waals surface area (Å²) in [5, 5.41) is 6.91. The lowest BCUT2D eigenvalue weighted by Crippen LogP contribution is -2.50. The highest BCUT2D eigenvalue weighted by molar-refractivity contribution is 5.85. The average Bonchev–Trinajstić information content (AvgIpc) is 3.11. The molecule has 0 aromatic carbocycles. The van der Waals surface area contributed by atoms with Gasteiger partial charge < -0.3 is 20.4 Å². The number of nitrogens with zero attached hydrogens (tertiary/aromatic N) is 3. The first-order valence-corrected chi connectivity index (χ1v) is 9.89. The molecule has 0 aromatic rings. The van der Waals surface area contributed by atoms with E-state index in [0.717, 1.165) is 44.7 Å². The smallest absolute Gasteiger partial charge is 0.230 e. The summed E-state index contributed by atoms with van der Waals surface area (Å²) in [5.41, 5.74) is -0.259. The lowest BCUT2D eigenvalue weighted by Gasteiger charge is -2.33. The quantitative estimate of drug-likeness (QED) is 0.563. The number of carbonyl (C=O) groups is 1. The second kappa shape index (κ2) is 9.41. The van der Waals surface area contributed by atoms with Crippen molar-refractivity contribution in [2.45, 2.75) is 45.4 Å². The van der Waals surface area contributed by atoms with Crippen LogP contribution in [-0.4, -0.2) is 75.5 Å². The molecule has 2 aliphatic rings. The third-order valence-electron chi connectivity index (χ3n) is 5.85. The third kappa shape index (κ3) is 5.33. The maximum Gasteiger partial charge on any atom is 0.230 e. The number of nitrogens with one attached hydrogen (secondary N) is 2. The zero-order valence-corrected chi connectivity index (χ0v) is 16.6. The van der Waals surface area contributed by atoms with Crippen molar-refractivity contribution >= 4 is 11.9 Å². The molecule has 0 spiro atoms. The van der Waals surface area contributed by atoms with Crippen molar-refractivity contribution in [1.29, 1.82) is 0 Å². The summed E-state index contributed by atoms with van der Waals surface area (Å²) in [4.78, 5) is 21.3. The number of hydrogen-bond acceptors (Lipinski definition) is 3. The van der Waals surface area contributed by atoms with Gasteiger partial charge in [-0.25, -0.2) is 0 Å². The van der Waals surface area contributed by atoms with E-state index in [1.54, 1.807) is 4.90 Å². The molecular formula is C19H37N5O. The first-order chi connectivity index (χ1) is 12.0. The van der Waals surface area contributed by atoms with E-state index in [1.807, 2.05) is 21.1 Å². The molecule has 2 fully saturated rings. The van der Waals surface area contributed by atoms with E-state index >= 15 is 0 Å². The van der Waals surface area contributed by atoms with Crippen molar-refractivity contribution in [1.82, 2.24) is 20.4 Å². The van der Waals surface area contributed by atoms with E-state index in [4.69, 9.17) is 0 Å². The molecule has 0 bridgehead atoms. The maximum absolute atomic E-state index is 12.7. The van der Waals surface area contributed by atoms with Gasteiger partial charge in [0.1, 0.15) is 0 Å². The number of amides is 1. The summed E-state index contributed by atoms with van der Waals surface area (Å²) in [6.07, 6.45) is 6.80. The Morgan fingerprint density at radius 1 is 1.24 bits per heavy atom. The van der Waals surface area contributed by atoms with E-state index < -0.39 is 0 Å². The Hall–Kier alpha value is -1.30. The fourth-order valence-electron chi connectivity index (χ4n) is 4.31. The van der Waals surface area contributed by atoms with Crippen LogP contribution in [0.4, 0.5) is 0 Å². The Morgan fingerprint density at radius 3 is 2.56 bits per heavy atom. The van der Waals surface area contributed by atoms with Crippen LogP contribution in [0.15, 0.2) is 4.99 Å². The van der Waals surface area contributed by atoms with Gasteiger partial charge in [0.25, 0.3) is 0 Å². The first-order valence-electron chi connectivity index (χ1n) is 9.89. The molecule has 1 heterocycles. The van der Waals surface area contributed by atoms with E-state index in [0.29, 0.717) is 12.5 Å². The van der Waals surface area contributed by atoms with Crippen molar-refractivity contribution in [3.05, 3.63) is 0 Å². The summed E-state index contributed by atoms with van der Waals surface area (Å²) < 4.78 is 0. The first kappa shape index (κ1) is 20.0. The molecule has 1 saturated carbocycles. The average molecular weight is 352 g/mol. The highest BCUT2D eigenvalue weighted by Gasteiger charge is 2.42. The van der Waals surface area contributed by atoms with Crippen molar-refractivity contribution < 1.29 is 4.79 Å². The van der Waals surface area contributed by atoms with Gasteiger partial charge in [-0.2, -0.15) is 0 Å². The van der Waals surface area contributed by atoms with Gasteiger partial charge in [-0.3, -0.25) is 9.79 Å². The maximum atomic E-state index is 12.7. The normalized spacial score (nSPS) is 24.2. The molecule has 1 aliphatic heterocycles. The van der Waals surface area contributed by atoms with Gasteiger partial charge in [-0.05, 0) is 44.7 Å². The van der Waals surface area contributed by atoms with Gasteiger partial charge in [0.2, 0.25) is 5.91 Å². The number of guanidine groups is 1. The predicted octanol–water partition coefficient (Wildman–Crippen LogP) is 1.53. The molecule has 0 radical (unpaired) electrons. The van der Waals surface area contributed by atoms with Crippen LogP contribution in [0.2, 0.25) is 0 Å². The molecule has 2 rings (SSSR count). The Kier molecular flexibility index (Phi) is 7.54. The zero-order chi connectivity index (χ0) is 18.3. The topological polar surface area (TPSA) is 60.0 Å². The van der Waals surface area contributed by atoms with E-state index in [-0.39, 0.29) is 11.3 Å². The largest absolute Gasteiger partial charge is 0.356 e. The molecule has 1 atom stereocenters. The number of likely N-dealkylation sites (tertiary alicyclic amines) is 1. The number of piperidine rings is 1. The molecule has 2 N–H and O–H groups in total. The van der Waals surface area contributed by atoms with Crippen molar-refractivity contribution in [2.24, 2.45) is 16.3 Å². The summed E-state index contributed by atoms with van der Waals surface area (Å²) in [6.45, 7) is 7.40. The summed E-state index contributed by atoms with van der Waals surface area (Å²) in [5.74, 6) is 1.75. The van der Waals surface area contributed by atoms with Crippen LogP contribution >= 0.6 is 0 Å². The highest BCUT2D eigenvalue weighted by atomic mass is 16.2. The Bertz CT molecular complexity index is 457. The second-order valence-electron chi connectivity index (χ2n) is 7.90. The van der Waals surface area contributed by atoms with Gasteiger partial charge in [0, 0.05) is 40.8 Å². The van der Waals surface area contributed by atoms with Gasteiger partial charge in [0.05, 0.1) is 5.41 Å². The number of hydrogen-bond donors (Lipinski definition) is 2. The third-order valence-corrected chi connectivity index (χ3v) is 5.85. The Balaban J connectivity index is 1.84. The lowest BCUT2D eigenvalue weighted by atomic mass is 9.84. The van der Waals surface area contributed by atoms with Gasteiger partial charge in [-0.15, -0.1) is 0 Å². The number of carbonyl (C=O) groups excluding carboxylic acids is 1.